The van der Waals surface area contributed by atoms with E-state index in [4.69, 9.17) is 4.42 Å². The predicted molar refractivity (Wildman–Crippen MR) is 99.8 cm³/mol. The summed E-state index contributed by atoms with van der Waals surface area (Å²) in [5.74, 6) is 1.52. The third-order valence-corrected chi connectivity index (χ3v) is 6.10. The summed E-state index contributed by atoms with van der Waals surface area (Å²) in [5.41, 5.74) is 5.40. The van der Waals surface area contributed by atoms with E-state index in [0.29, 0.717) is 6.54 Å². The van der Waals surface area contributed by atoms with Crippen molar-refractivity contribution in [2.24, 2.45) is 11.8 Å². The first kappa shape index (κ1) is 15.4. The topological polar surface area (TPSA) is 42.2 Å². The molecule has 3 aliphatic carbocycles. The number of amides is 1. The normalized spacial score (nSPS) is 25.4. The van der Waals surface area contributed by atoms with Crippen LogP contribution in [0.5, 0.6) is 0 Å². The zero-order valence-electron chi connectivity index (χ0n) is 14.7. The van der Waals surface area contributed by atoms with Crippen molar-refractivity contribution in [1.29, 1.82) is 0 Å². The van der Waals surface area contributed by atoms with Crippen LogP contribution in [0, 0.1) is 11.8 Å². The van der Waals surface area contributed by atoms with Crippen molar-refractivity contribution in [2.45, 2.75) is 25.3 Å². The second kappa shape index (κ2) is 5.87. The van der Waals surface area contributed by atoms with E-state index in [0.717, 1.165) is 5.76 Å². The minimum Gasteiger partial charge on any atom is -0.467 e. The molecule has 3 aliphatic rings. The van der Waals surface area contributed by atoms with Gasteiger partial charge in [-0.15, -0.1) is 0 Å². The van der Waals surface area contributed by atoms with Gasteiger partial charge < -0.3 is 9.73 Å². The number of hydrogen-bond acceptors (Lipinski definition) is 2. The van der Waals surface area contributed by atoms with Gasteiger partial charge in [-0.05, 0) is 40.3 Å². The van der Waals surface area contributed by atoms with Gasteiger partial charge in [-0.1, -0.05) is 55.5 Å². The fourth-order valence-electron chi connectivity index (χ4n) is 5.05. The van der Waals surface area contributed by atoms with Crippen LogP contribution in [-0.4, -0.2) is 5.91 Å². The van der Waals surface area contributed by atoms with E-state index in [1.54, 1.807) is 6.26 Å². The lowest BCUT2D eigenvalue weighted by Gasteiger charge is -2.49. The third-order valence-electron chi connectivity index (χ3n) is 6.10. The Bertz CT molecular complexity index is 912. The van der Waals surface area contributed by atoms with Gasteiger partial charge in [-0.2, -0.15) is 0 Å². The summed E-state index contributed by atoms with van der Waals surface area (Å²) in [6, 6.07) is 21.0. The Balaban J connectivity index is 1.55. The number of furan rings is 1. The SMILES string of the molecule is C[C@H]1C2c3ccccc3C(c3ccccc32)[C@H]1C(=O)NCc1ccco1. The first-order chi connectivity index (χ1) is 12.8. The summed E-state index contributed by atoms with van der Waals surface area (Å²) >= 11 is 0. The molecule has 1 heterocycles. The molecule has 26 heavy (non-hydrogen) atoms. The third kappa shape index (κ3) is 2.16. The fraction of sp³-hybridized carbons (Fsp3) is 0.261. The van der Waals surface area contributed by atoms with E-state index in [9.17, 15) is 4.79 Å². The van der Waals surface area contributed by atoms with Crippen molar-refractivity contribution in [3.63, 3.8) is 0 Å². The highest BCUT2D eigenvalue weighted by molar-refractivity contribution is 5.83. The zero-order valence-corrected chi connectivity index (χ0v) is 14.7. The average Bonchev–Trinajstić information content (AvgIpc) is 3.20. The van der Waals surface area contributed by atoms with Crippen molar-refractivity contribution >= 4 is 5.91 Å². The smallest absolute Gasteiger partial charge is 0.224 e. The van der Waals surface area contributed by atoms with Crippen LogP contribution in [0.2, 0.25) is 0 Å². The minimum atomic E-state index is -0.0558. The average molecular weight is 343 g/mol. The van der Waals surface area contributed by atoms with Crippen LogP contribution in [0.4, 0.5) is 0 Å². The molecular weight excluding hydrogens is 322 g/mol. The molecule has 2 aromatic carbocycles. The van der Waals surface area contributed by atoms with Crippen LogP contribution in [0.1, 0.15) is 46.8 Å². The number of hydrogen-bond donors (Lipinski definition) is 1. The van der Waals surface area contributed by atoms with Gasteiger partial charge >= 0.3 is 0 Å². The number of rotatable bonds is 3. The van der Waals surface area contributed by atoms with Crippen LogP contribution in [0.3, 0.4) is 0 Å². The van der Waals surface area contributed by atoms with Gasteiger partial charge in [0.1, 0.15) is 5.76 Å². The lowest BCUT2D eigenvalue weighted by atomic mass is 9.54. The summed E-state index contributed by atoms with van der Waals surface area (Å²) in [4.78, 5) is 13.2. The summed E-state index contributed by atoms with van der Waals surface area (Å²) in [6.45, 7) is 2.66. The van der Waals surface area contributed by atoms with E-state index in [-0.39, 0.29) is 29.6 Å². The van der Waals surface area contributed by atoms with Crippen LogP contribution in [0.15, 0.2) is 71.3 Å². The summed E-state index contributed by atoms with van der Waals surface area (Å²) < 4.78 is 5.36. The van der Waals surface area contributed by atoms with Crippen LogP contribution in [-0.2, 0) is 11.3 Å². The first-order valence-electron chi connectivity index (χ1n) is 9.23. The van der Waals surface area contributed by atoms with Crippen LogP contribution >= 0.6 is 0 Å². The lowest BCUT2D eigenvalue weighted by Crippen LogP contribution is -2.46. The van der Waals surface area contributed by atoms with Gasteiger partial charge in [0.05, 0.1) is 18.7 Å². The molecule has 1 aromatic heterocycles. The van der Waals surface area contributed by atoms with E-state index >= 15 is 0 Å². The highest BCUT2D eigenvalue weighted by atomic mass is 16.3. The molecule has 0 fully saturated rings. The van der Waals surface area contributed by atoms with Crippen molar-refractivity contribution in [3.8, 4) is 0 Å². The van der Waals surface area contributed by atoms with Gasteiger partial charge in [0.2, 0.25) is 5.91 Å². The van der Waals surface area contributed by atoms with Gasteiger partial charge in [-0.25, -0.2) is 0 Å². The summed E-state index contributed by atoms with van der Waals surface area (Å²) in [7, 11) is 0. The Hall–Kier alpha value is -2.81. The molecule has 0 saturated heterocycles. The Kier molecular flexibility index (Phi) is 3.49. The standard InChI is InChI=1S/C23H21NO2/c1-14-20-16-8-2-4-10-18(16)22(19-11-5-3-9-17(19)20)21(14)23(25)24-13-15-7-6-12-26-15/h2-12,14,20-22H,13H2,1H3,(H,24,25)/t14-,20?,21-,22?/m0/s1. The number of nitrogens with one attached hydrogen (secondary N) is 1. The van der Waals surface area contributed by atoms with Crippen molar-refractivity contribution < 1.29 is 9.21 Å². The molecule has 0 radical (unpaired) electrons. The van der Waals surface area contributed by atoms with E-state index in [2.05, 4.69) is 60.8 Å². The summed E-state index contributed by atoms with van der Waals surface area (Å²) in [6.07, 6.45) is 1.64. The molecule has 0 unspecified atom stereocenters. The van der Waals surface area contributed by atoms with Crippen LogP contribution < -0.4 is 5.32 Å². The fourth-order valence-corrected chi connectivity index (χ4v) is 5.05. The van der Waals surface area contributed by atoms with Crippen LogP contribution in [0.25, 0.3) is 0 Å². The maximum Gasteiger partial charge on any atom is 0.224 e. The van der Waals surface area contributed by atoms with E-state index in [1.165, 1.54) is 22.3 Å². The highest BCUT2D eigenvalue weighted by Gasteiger charge is 2.50. The Morgan fingerprint density at radius 1 is 0.885 bits per heavy atom. The number of carbonyl (C=O) groups excluding carboxylic acids is 1. The van der Waals surface area contributed by atoms with Crippen molar-refractivity contribution in [1.82, 2.24) is 5.32 Å². The van der Waals surface area contributed by atoms with E-state index in [1.807, 2.05) is 12.1 Å². The number of fused-ring (bicyclic) bond motifs is 1. The molecule has 130 valence electrons. The second-order valence-electron chi connectivity index (χ2n) is 7.40. The molecule has 1 N–H and O–H groups in total. The number of benzene rings is 2. The molecule has 6 rings (SSSR count). The molecule has 2 bridgehead atoms. The summed E-state index contributed by atoms with van der Waals surface area (Å²) in [5, 5.41) is 3.10. The molecule has 3 aromatic rings. The molecule has 3 nitrogen and oxygen atoms in total. The molecule has 0 spiro atoms. The quantitative estimate of drug-likeness (QED) is 0.764. The van der Waals surface area contributed by atoms with E-state index < -0.39 is 0 Å². The largest absolute Gasteiger partial charge is 0.467 e. The highest BCUT2D eigenvalue weighted by Crippen LogP contribution is 2.58. The number of carbonyl (C=O) groups is 1. The lowest BCUT2D eigenvalue weighted by molar-refractivity contribution is -0.128. The molecule has 3 heteroatoms. The van der Waals surface area contributed by atoms with Crippen molar-refractivity contribution in [2.75, 3.05) is 0 Å². The predicted octanol–water partition coefficient (Wildman–Crippen LogP) is 4.44. The second-order valence-corrected chi connectivity index (χ2v) is 7.40. The maximum absolute atomic E-state index is 13.2. The maximum atomic E-state index is 13.2. The Morgan fingerprint density at radius 3 is 2.00 bits per heavy atom. The van der Waals surface area contributed by atoms with Crippen molar-refractivity contribution in [3.05, 3.63) is 94.9 Å². The molecule has 0 saturated carbocycles. The first-order valence-corrected chi connectivity index (χ1v) is 9.23. The van der Waals surface area contributed by atoms with Gasteiger partial charge in [0.25, 0.3) is 0 Å². The zero-order chi connectivity index (χ0) is 17.7. The Labute approximate surface area is 153 Å². The Morgan fingerprint density at radius 2 is 1.46 bits per heavy atom. The van der Waals surface area contributed by atoms with Gasteiger partial charge in [0, 0.05) is 11.8 Å². The molecule has 1 amide bonds. The molecule has 2 atom stereocenters. The molecular formula is C23H21NO2. The molecule has 0 aliphatic heterocycles. The van der Waals surface area contributed by atoms with Gasteiger partial charge in [-0.3, -0.25) is 4.79 Å². The monoisotopic (exact) mass is 343 g/mol. The minimum absolute atomic E-state index is 0.0558. The van der Waals surface area contributed by atoms with Gasteiger partial charge in [0.15, 0.2) is 0 Å².